The second-order valence-electron chi connectivity index (χ2n) is 7.55. The zero-order chi connectivity index (χ0) is 23.2. The molecule has 0 aliphatic heterocycles. The van der Waals surface area contributed by atoms with Crippen LogP contribution in [0.4, 0.5) is 8.78 Å². The normalized spacial score (nSPS) is 11.9. The molecule has 166 valence electrons. The Labute approximate surface area is 187 Å². The van der Waals surface area contributed by atoms with Crippen molar-refractivity contribution < 1.29 is 13.9 Å². The molecule has 0 amide bonds. The summed E-state index contributed by atoms with van der Waals surface area (Å²) in [5.74, 6) is -0.970. The number of aryl methyl sites for hydroxylation is 2. The van der Waals surface area contributed by atoms with Gasteiger partial charge in [-0.25, -0.2) is 18.7 Å². The summed E-state index contributed by atoms with van der Waals surface area (Å²) in [6, 6.07) is 13.2. The molecule has 0 saturated carbocycles. The van der Waals surface area contributed by atoms with Gasteiger partial charge in [0.15, 0.2) is 17.1 Å². The monoisotopic (exact) mass is 447 g/mol. The largest absolute Gasteiger partial charge is 0.373 e. The molecule has 33 heavy (non-hydrogen) atoms. The molecule has 2 N–H and O–H groups in total. The highest BCUT2D eigenvalue weighted by atomic mass is 19.1. The minimum absolute atomic E-state index is 0.0485. The number of H-pyrrole nitrogens is 1. The molecule has 0 saturated heterocycles. The van der Waals surface area contributed by atoms with Gasteiger partial charge in [-0.3, -0.25) is 0 Å². The van der Waals surface area contributed by atoms with E-state index in [9.17, 15) is 5.11 Å². The van der Waals surface area contributed by atoms with Crippen molar-refractivity contribution in [2.24, 2.45) is 0 Å². The Morgan fingerprint density at radius 1 is 1.00 bits per heavy atom. The predicted octanol–water partition coefficient (Wildman–Crippen LogP) is 3.50. The molecule has 3 aromatic heterocycles. The van der Waals surface area contributed by atoms with E-state index in [0.717, 1.165) is 0 Å². The number of aromatic nitrogens is 7. The van der Waals surface area contributed by atoms with Gasteiger partial charge in [-0.2, -0.15) is 5.21 Å². The van der Waals surface area contributed by atoms with Crippen molar-refractivity contribution in [2.75, 3.05) is 0 Å². The quantitative estimate of drug-likeness (QED) is 0.427. The Morgan fingerprint density at radius 2 is 1.64 bits per heavy atom. The van der Waals surface area contributed by atoms with Crippen LogP contribution in [-0.4, -0.2) is 40.3 Å². The van der Waals surface area contributed by atoms with E-state index in [4.69, 9.17) is 0 Å². The van der Waals surface area contributed by atoms with Crippen molar-refractivity contribution in [3.8, 4) is 11.4 Å². The predicted molar refractivity (Wildman–Crippen MR) is 116 cm³/mol. The lowest BCUT2D eigenvalue weighted by Crippen LogP contribution is -2.34. The first-order chi connectivity index (χ1) is 15.9. The number of aromatic amines is 1. The van der Waals surface area contributed by atoms with Crippen LogP contribution < -0.4 is 0 Å². The number of hydrogen-bond acceptors (Lipinski definition) is 6. The van der Waals surface area contributed by atoms with Gasteiger partial charge < -0.3 is 9.67 Å². The van der Waals surface area contributed by atoms with E-state index >= 15 is 8.78 Å². The van der Waals surface area contributed by atoms with E-state index in [1.54, 1.807) is 29.7 Å². The second-order valence-corrected chi connectivity index (χ2v) is 7.55. The zero-order valence-electron chi connectivity index (χ0n) is 17.8. The van der Waals surface area contributed by atoms with Gasteiger partial charge >= 0.3 is 0 Å². The third kappa shape index (κ3) is 3.18. The Kier molecular flexibility index (Phi) is 4.94. The maximum atomic E-state index is 15.0. The number of nitrogens with one attached hydrogen (secondary N) is 1. The van der Waals surface area contributed by atoms with Crippen LogP contribution in [0, 0.1) is 18.6 Å². The lowest BCUT2D eigenvalue weighted by molar-refractivity contribution is 0.103. The molecule has 0 aliphatic rings. The lowest BCUT2D eigenvalue weighted by Gasteiger charge is -2.30. The number of aliphatic hydroxyl groups is 1. The minimum Gasteiger partial charge on any atom is -0.373 e. The maximum Gasteiger partial charge on any atom is 0.206 e. The van der Waals surface area contributed by atoms with Crippen molar-refractivity contribution in [1.82, 2.24) is 35.2 Å². The fourth-order valence-corrected chi connectivity index (χ4v) is 4.13. The third-order valence-corrected chi connectivity index (χ3v) is 5.69. The van der Waals surface area contributed by atoms with Crippen LogP contribution >= 0.6 is 0 Å². The molecule has 0 atom stereocenters. The van der Waals surface area contributed by atoms with Crippen molar-refractivity contribution in [3.63, 3.8) is 0 Å². The SMILES string of the molecule is CCn1c(C(O)(c2ccccc2F)c2ccccc2F)nc2nc(C)c(-c3nn[nH]n3)cc21. The summed E-state index contributed by atoms with van der Waals surface area (Å²) in [6.07, 6.45) is 0. The Bertz CT molecular complexity index is 1420. The van der Waals surface area contributed by atoms with E-state index in [1.807, 2.05) is 6.92 Å². The van der Waals surface area contributed by atoms with Gasteiger partial charge in [-0.1, -0.05) is 36.4 Å². The maximum absolute atomic E-state index is 15.0. The number of imidazole rings is 1. The first-order valence-electron chi connectivity index (χ1n) is 10.3. The standard InChI is InChI=1S/C23H19F2N7O/c1-3-32-19-12-14(20-28-30-31-29-20)13(2)26-21(19)27-22(32)23(33,15-8-4-6-10-17(15)24)16-9-5-7-11-18(16)25/h4-12,33H,3H2,1-2H3,(H,28,29,30,31). The summed E-state index contributed by atoms with van der Waals surface area (Å²) in [7, 11) is 0. The third-order valence-electron chi connectivity index (χ3n) is 5.69. The van der Waals surface area contributed by atoms with Gasteiger partial charge in [0.2, 0.25) is 5.82 Å². The fraction of sp³-hybridized carbons (Fsp3) is 0.174. The molecular formula is C23H19F2N7O. The summed E-state index contributed by atoms with van der Waals surface area (Å²) in [5, 5.41) is 26.1. The van der Waals surface area contributed by atoms with Gasteiger partial charge in [-0.15, -0.1) is 10.2 Å². The number of pyridine rings is 1. The van der Waals surface area contributed by atoms with Crippen LogP contribution in [0.5, 0.6) is 0 Å². The summed E-state index contributed by atoms with van der Waals surface area (Å²) in [4.78, 5) is 9.13. The topological polar surface area (TPSA) is 105 Å². The molecule has 0 unspecified atom stereocenters. The average molecular weight is 447 g/mol. The molecule has 10 heteroatoms. The van der Waals surface area contributed by atoms with Crippen LogP contribution in [0.15, 0.2) is 54.6 Å². The van der Waals surface area contributed by atoms with Crippen molar-refractivity contribution in [1.29, 1.82) is 0 Å². The van der Waals surface area contributed by atoms with Gasteiger partial charge in [0.25, 0.3) is 0 Å². The summed E-state index contributed by atoms with van der Waals surface area (Å²) >= 11 is 0. The summed E-state index contributed by atoms with van der Waals surface area (Å²) in [5.41, 5.74) is -0.348. The van der Waals surface area contributed by atoms with Crippen molar-refractivity contribution >= 4 is 11.2 Å². The molecule has 0 radical (unpaired) electrons. The van der Waals surface area contributed by atoms with Gasteiger partial charge in [0.1, 0.15) is 11.6 Å². The van der Waals surface area contributed by atoms with Gasteiger partial charge in [0.05, 0.1) is 11.2 Å². The highest BCUT2D eigenvalue weighted by Crippen LogP contribution is 2.40. The van der Waals surface area contributed by atoms with E-state index < -0.39 is 17.2 Å². The molecular weight excluding hydrogens is 428 g/mol. The molecule has 0 fully saturated rings. The van der Waals surface area contributed by atoms with Gasteiger partial charge in [-0.05, 0) is 37.3 Å². The van der Waals surface area contributed by atoms with Crippen LogP contribution in [0.1, 0.15) is 29.6 Å². The van der Waals surface area contributed by atoms with E-state index in [2.05, 4.69) is 30.6 Å². The van der Waals surface area contributed by atoms with Crippen molar-refractivity contribution in [2.45, 2.75) is 26.0 Å². The first kappa shape index (κ1) is 20.8. The zero-order valence-corrected chi connectivity index (χ0v) is 17.8. The Balaban J connectivity index is 1.86. The first-order valence-corrected chi connectivity index (χ1v) is 10.3. The van der Waals surface area contributed by atoms with E-state index in [1.165, 1.54) is 36.4 Å². The summed E-state index contributed by atoms with van der Waals surface area (Å²) in [6.45, 7) is 3.98. The number of nitrogens with zero attached hydrogens (tertiary/aromatic N) is 6. The number of tetrazole rings is 1. The minimum atomic E-state index is -2.21. The Hall–Kier alpha value is -4.05. The van der Waals surface area contributed by atoms with Crippen LogP contribution in [-0.2, 0) is 12.1 Å². The number of rotatable bonds is 5. The number of benzene rings is 2. The molecule has 0 spiro atoms. The molecule has 5 rings (SSSR count). The lowest BCUT2D eigenvalue weighted by atomic mass is 9.84. The highest BCUT2D eigenvalue weighted by Gasteiger charge is 2.43. The van der Waals surface area contributed by atoms with Crippen LogP contribution in [0.25, 0.3) is 22.6 Å². The fourth-order valence-electron chi connectivity index (χ4n) is 4.13. The van der Waals surface area contributed by atoms with Crippen LogP contribution in [0.3, 0.4) is 0 Å². The van der Waals surface area contributed by atoms with Crippen molar-refractivity contribution in [3.05, 3.63) is 88.9 Å². The molecule has 3 heterocycles. The average Bonchev–Trinajstić information content (AvgIpc) is 3.46. The van der Waals surface area contributed by atoms with E-state index in [0.29, 0.717) is 34.8 Å². The number of fused-ring (bicyclic) bond motifs is 1. The molecule has 8 nitrogen and oxygen atoms in total. The second kappa shape index (κ2) is 7.82. The molecule has 5 aromatic rings. The van der Waals surface area contributed by atoms with Crippen LogP contribution in [0.2, 0.25) is 0 Å². The van der Waals surface area contributed by atoms with Gasteiger partial charge in [0, 0.05) is 23.2 Å². The smallest absolute Gasteiger partial charge is 0.206 e. The molecule has 0 bridgehead atoms. The summed E-state index contributed by atoms with van der Waals surface area (Å²) < 4.78 is 31.7. The highest BCUT2D eigenvalue weighted by molar-refractivity contribution is 5.79. The molecule has 0 aliphatic carbocycles. The number of hydrogen-bond donors (Lipinski definition) is 2. The van der Waals surface area contributed by atoms with E-state index in [-0.39, 0.29) is 17.0 Å². The Morgan fingerprint density at radius 3 is 2.18 bits per heavy atom. The number of halogens is 2. The molecule has 2 aromatic carbocycles.